The van der Waals surface area contributed by atoms with Crippen LogP contribution in [-0.4, -0.2) is 13.4 Å². The van der Waals surface area contributed by atoms with Gasteiger partial charge in [0.15, 0.2) is 12.3 Å². The quantitative estimate of drug-likeness (QED) is 0.319. The van der Waals surface area contributed by atoms with Gasteiger partial charge in [-0.3, -0.25) is 4.18 Å². The highest BCUT2D eigenvalue weighted by atomic mass is 32.2. The van der Waals surface area contributed by atoms with Crippen molar-refractivity contribution in [2.45, 2.75) is 39.5 Å². The van der Waals surface area contributed by atoms with Crippen LogP contribution in [0.5, 0.6) is 0 Å². The lowest BCUT2D eigenvalue weighted by atomic mass is 9.94. The molecule has 0 aromatic heterocycles. The molecule has 0 aromatic carbocycles. The molecule has 0 radical (unpaired) electrons. The Morgan fingerprint density at radius 3 is 1.69 bits per heavy atom. The number of rotatable bonds is 3. The molecule has 0 saturated heterocycles. The van der Waals surface area contributed by atoms with Crippen LogP contribution in [0.1, 0.15) is 39.5 Å². The first-order chi connectivity index (χ1) is 7.72. The van der Waals surface area contributed by atoms with Crippen LogP contribution >= 0.6 is 24.4 Å². The van der Waals surface area contributed by atoms with Crippen LogP contribution in [0.4, 0.5) is 0 Å². The van der Waals surface area contributed by atoms with Gasteiger partial charge in [0.2, 0.25) is 0 Å². The van der Waals surface area contributed by atoms with Gasteiger partial charge < -0.3 is 0 Å². The van der Waals surface area contributed by atoms with E-state index >= 15 is 0 Å². The molecule has 94 valence electrons. The Morgan fingerprint density at radius 2 is 1.50 bits per heavy atom. The van der Waals surface area contributed by atoms with Crippen LogP contribution in [0.15, 0.2) is 11.1 Å². The van der Waals surface area contributed by atoms with Gasteiger partial charge in [-0.1, -0.05) is 11.1 Å². The average Bonchev–Trinajstić information content (AvgIpc) is 2.34. The van der Waals surface area contributed by atoms with Gasteiger partial charge in [0.25, 0.3) is 0 Å². The maximum absolute atomic E-state index is 4.59. The van der Waals surface area contributed by atoms with Gasteiger partial charge in [-0.05, 0) is 39.5 Å². The molecule has 1 aliphatic carbocycles. The van der Waals surface area contributed by atoms with Crippen molar-refractivity contribution in [2.24, 2.45) is 0 Å². The predicted molar refractivity (Wildman–Crippen MR) is 75.9 cm³/mol. The standard InChI is InChI=1S/C8H14.C2H6O2S2.C2H2/c1-7-5-3-4-6-8(7)2;1-3-6-4-5-2;1-2/h3-6H2,1-2H3;1-2H3;1-2H. The smallest absolute Gasteiger partial charge is 0.171 e. The predicted octanol–water partition coefficient (Wildman–Crippen LogP) is 4.64. The molecule has 0 heterocycles. The molecule has 4 heteroatoms. The van der Waals surface area contributed by atoms with Crippen molar-refractivity contribution in [2.75, 3.05) is 13.4 Å². The molecule has 0 atom stereocenters. The molecular weight excluding hydrogens is 240 g/mol. The minimum atomic E-state index is 0.971. The van der Waals surface area contributed by atoms with E-state index in [9.17, 15) is 0 Å². The van der Waals surface area contributed by atoms with Gasteiger partial charge >= 0.3 is 0 Å². The van der Waals surface area contributed by atoms with Crippen molar-refractivity contribution in [3.05, 3.63) is 11.1 Å². The highest BCUT2D eigenvalue weighted by molar-refractivity contribution is 8.05. The second kappa shape index (κ2) is 14.9. The van der Waals surface area contributed by atoms with E-state index in [-0.39, 0.29) is 0 Å². The van der Waals surface area contributed by atoms with Crippen LogP contribution < -0.4 is 0 Å². The summed E-state index contributed by atoms with van der Waals surface area (Å²) < 4.78 is 9.05. The molecule has 0 spiro atoms. The van der Waals surface area contributed by atoms with Crippen molar-refractivity contribution < 1.29 is 7.81 Å². The zero-order valence-electron chi connectivity index (χ0n) is 10.6. The molecule has 0 aromatic rings. The van der Waals surface area contributed by atoms with Gasteiger partial charge in [-0.15, -0.1) is 12.8 Å². The Balaban J connectivity index is 0. The van der Waals surface area contributed by atoms with Crippen molar-refractivity contribution in [3.8, 4) is 12.8 Å². The summed E-state index contributed by atoms with van der Waals surface area (Å²) in [4.78, 5) is 0. The Labute approximate surface area is 109 Å². The topological polar surface area (TPSA) is 18.5 Å². The lowest BCUT2D eigenvalue weighted by Gasteiger charge is -2.12. The fourth-order valence-electron chi connectivity index (χ4n) is 1.26. The molecule has 16 heavy (non-hydrogen) atoms. The van der Waals surface area contributed by atoms with Crippen molar-refractivity contribution >= 4 is 24.4 Å². The Bertz CT molecular complexity index is 182. The third-order valence-electron chi connectivity index (χ3n) is 2.25. The SMILES string of the molecule is C#C.CC1=C(C)CCCC1.COSOSC. The highest BCUT2D eigenvalue weighted by Crippen LogP contribution is 2.22. The average molecular weight is 262 g/mol. The molecule has 0 amide bonds. The third-order valence-corrected chi connectivity index (χ3v) is 3.15. The Kier molecular flexibility index (Phi) is 17.1. The molecule has 1 rings (SSSR count). The molecule has 0 aliphatic heterocycles. The fraction of sp³-hybridized carbons (Fsp3) is 0.667. The highest BCUT2D eigenvalue weighted by Gasteiger charge is 2.02. The normalized spacial score (nSPS) is 14.4. The van der Waals surface area contributed by atoms with Crippen LogP contribution in [0.3, 0.4) is 0 Å². The second-order valence-electron chi connectivity index (χ2n) is 3.24. The zero-order chi connectivity index (χ0) is 12.8. The first kappa shape index (κ1) is 18.3. The number of hydrogen-bond donors (Lipinski definition) is 0. The van der Waals surface area contributed by atoms with E-state index in [1.54, 1.807) is 18.3 Å². The molecule has 0 fully saturated rings. The first-order valence-corrected chi connectivity index (χ1v) is 6.92. The van der Waals surface area contributed by atoms with Gasteiger partial charge in [-0.2, -0.15) is 0 Å². The minimum absolute atomic E-state index is 0.971. The minimum Gasteiger partial charge on any atom is -0.294 e. The van der Waals surface area contributed by atoms with E-state index in [2.05, 4.69) is 34.5 Å². The van der Waals surface area contributed by atoms with Crippen LogP contribution in [0.25, 0.3) is 0 Å². The van der Waals surface area contributed by atoms with E-state index in [1.165, 1.54) is 37.7 Å². The summed E-state index contributed by atoms with van der Waals surface area (Å²) >= 11 is 2.24. The summed E-state index contributed by atoms with van der Waals surface area (Å²) in [6, 6.07) is 0. The molecule has 2 nitrogen and oxygen atoms in total. The molecule has 0 N–H and O–H groups in total. The summed E-state index contributed by atoms with van der Waals surface area (Å²) in [6.07, 6.45) is 15.4. The van der Waals surface area contributed by atoms with E-state index in [1.807, 2.05) is 6.26 Å². The first-order valence-electron chi connectivity index (χ1n) is 5.11. The molecular formula is C12H22O2S2. The van der Waals surface area contributed by atoms with Crippen molar-refractivity contribution in [1.82, 2.24) is 0 Å². The van der Waals surface area contributed by atoms with Crippen LogP contribution in [-0.2, 0) is 7.81 Å². The summed E-state index contributed by atoms with van der Waals surface area (Å²) in [5.41, 5.74) is 3.27. The lowest BCUT2D eigenvalue weighted by molar-refractivity contribution is 0.453. The van der Waals surface area contributed by atoms with Gasteiger partial charge in [-0.25, -0.2) is 3.63 Å². The number of terminal acetylenes is 1. The number of allylic oxidation sites excluding steroid dienone is 2. The summed E-state index contributed by atoms with van der Waals surface area (Å²) in [5.74, 6) is 0. The maximum Gasteiger partial charge on any atom is 0.171 e. The largest absolute Gasteiger partial charge is 0.294 e. The molecule has 0 saturated carbocycles. The molecule has 0 unspecified atom stereocenters. The summed E-state index contributed by atoms with van der Waals surface area (Å²) in [6.45, 7) is 4.52. The zero-order valence-corrected chi connectivity index (χ0v) is 12.2. The van der Waals surface area contributed by atoms with Gasteiger partial charge in [0.1, 0.15) is 0 Å². The van der Waals surface area contributed by atoms with Crippen molar-refractivity contribution in [3.63, 3.8) is 0 Å². The third kappa shape index (κ3) is 12.0. The lowest BCUT2D eigenvalue weighted by Crippen LogP contribution is -1.92. The van der Waals surface area contributed by atoms with E-state index in [0.29, 0.717) is 0 Å². The van der Waals surface area contributed by atoms with Gasteiger partial charge in [0.05, 0.1) is 7.11 Å². The Hall–Kier alpha value is -0.0800. The van der Waals surface area contributed by atoms with Crippen LogP contribution in [0.2, 0.25) is 0 Å². The monoisotopic (exact) mass is 262 g/mol. The second-order valence-corrected chi connectivity index (χ2v) is 4.58. The van der Waals surface area contributed by atoms with Crippen molar-refractivity contribution in [1.29, 1.82) is 0 Å². The molecule has 1 aliphatic rings. The van der Waals surface area contributed by atoms with E-state index in [4.69, 9.17) is 0 Å². The Morgan fingerprint density at radius 1 is 1.06 bits per heavy atom. The fourth-order valence-corrected chi connectivity index (χ4v) is 1.71. The number of hydrogen-bond acceptors (Lipinski definition) is 4. The maximum atomic E-state index is 4.59. The summed E-state index contributed by atoms with van der Waals surface area (Å²) in [7, 11) is 1.56. The summed E-state index contributed by atoms with van der Waals surface area (Å²) in [5, 5.41) is 0. The van der Waals surface area contributed by atoms with E-state index in [0.717, 1.165) is 12.3 Å². The van der Waals surface area contributed by atoms with Crippen LogP contribution in [0, 0.1) is 12.8 Å². The van der Waals surface area contributed by atoms with Gasteiger partial charge in [0, 0.05) is 18.3 Å². The van der Waals surface area contributed by atoms with E-state index < -0.39 is 0 Å². The molecule has 0 bridgehead atoms.